The normalized spacial score (nSPS) is 24.0. The van der Waals surface area contributed by atoms with Gasteiger partial charge in [-0.2, -0.15) is 0 Å². The van der Waals surface area contributed by atoms with Gasteiger partial charge in [0.25, 0.3) is 0 Å². The molecule has 0 spiro atoms. The summed E-state index contributed by atoms with van der Waals surface area (Å²) in [5.41, 5.74) is 5.33. The van der Waals surface area contributed by atoms with Gasteiger partial charge in [-0.05, 0) is 30.2 Å². The largest absolute Gasteiger partial charge is 0.384 e. The fourth-order valence-corrected chi connectivity index (χ4v) is 3.99. The van der Waals surface area contributed by atoms with Crippen molar-refractivity contribution < 1.29 is 0 Å². The first-order chi connectivity index (χ1) is 10.3. The second-order valence-corrected chi connectivity index (χ2v) is 6.62. The second-order valence-electron chi connectivity index (χ2n) is 6.62. The lowest BCUT2D eigenvalue weighted by molar-refractivity contribution is 0.365. The van der Waals surface area contributed by atoms with Crippen molar-refractivity contribution >= 4 is 5.69 Å². The molecule has 1 aliphatic carbocycles. The fraction of sp³-hybridized carbons (Fsp3) is 0.500. The maximum absolute atomic E-state index is 4.43. The van der Waals surface area contributed by atoms with Gasteiger partial charge in [-0.15, -0.1) is 0 Å². The summed E-state index contributed by atoms with van der Waals surface area (Å²) in [6.45, 7) is 4.57. The predicted octanol–water partition coefficient (Wildman–Crippen LogP) is 3.95. The molecule has 2 atom stereocenters. The molecule has 0 bridgehead atoms. The number of nitrogens with zero attached hydrogens (tertiary/aromatic N) is 2. The van der Waals surface area contributed by atoms with Gasteiger partial charge in [-0.1, -0.05) is 38.0 Å². The Morgan fingerprint density at radius 3 is 3.14 bits per heavy atom. The Kier molecular flexibility index (Phi) is 3.21. The van der Waals surface area contributed by atoms with Gasteiger partial charge in [0.2, 0.25) is 0 Å². The van der Waals surface area contributed by atoms with Crippen molar-refractivity contribution in [1.82, 2.24) is 9.55 Å². The maximum Gasteiger partial charge on any atom is 0.0951 e. The molecule has 3 nitrogen and oxygen atoms in total. The van der Waals surface area contributed by atoms with Crippen LogP contribution in [0.4, 0.5) is 5.69 Å². The Hall–Kier alpha value is -1.77. The van der Waals surface area contributed by atoms with Crippen LogP contribution in [0.5, 0.6) is 0 Å². The van der Waals surface area contributed by atoms with E-state index in [1.54, 1.807) is 0 Å². The minimum Gasteiger partial charge on any atom is -0.384 e. The minimum atomic E-state index is 0.808. The number of hydrogen-bond acceptors (Lipinski definition) is 2. The van der Waals surface area contributed by atoms with Crippen molar-refractivity contribution in [3.63, 3.8) is 0 Å². The first-order valence-corrected chi connectivity index (χ1v) is 8.19. The molecule has 2 aromatic rings. The first-order valence-electron chi connectivity index (χ1n) is 8.19. The third kappa shape index (κ3) is 2.25. The van der Waals surface area contributed by atoms with Crippen molar-refractivity contribution in [2.45, 2.75) is 39.2 Å². The van der Waals surface area contributed by atoms with E-state index in [0.717, 1.165) is 31.3 Å². The Labute approximate surface area is 126 Å². The summed E-state index contributed by atoms with van der Waals surface area (Å²) in [5, 5.41) is 3.55. The molecule has 0 saturated heterocycles. The molecule has 4 rings (SSSR count). The smallest absolute Gasteiger partial charge is 0.0951 e. The molecule has 1 aromatic heterocycles. The van der Waals surface area contributed by atoms with Gasteiger partial charge in [0.1, 0.15) is 0 Å². The molecule has 110 valence electrons. The summed E-state index contributed by atoms with van der Waals surface area (Å²) in [4.78, 5) is 4.43. The van der Waals surface area contributed by atoms with E-state index in [4.69, 9.17) is 0 Å². The highest BCUT2D eigenvalue weighted by Crippen LogP contribution is 2.36. The average molecular weight is 281 g/mol. The van der Waals surface area contributed by atoms with Gasteiger partial charge in [0.15, 0.2) is 0 Å². The number of fused-ring (bicyclic) bond motifs is 1. The van der Waals surface area contributed by atoms with E-state index < -0.39 is 0 Å². The second kappa shape index (κ2) is 5.21. The average Bonchev–Trinajstić information content (AvgIpc) is 3.21. The molecule has 0 amide bonds. The van der Waals surface area contributed by atoms with Crippen molar-refractivity contribution in [3.8, 4) is 11.3 Å². The number of para-hydroxylation sites is 1. The fourth-order valence-electron chi connectivity index (χ4n) is 3.99. The van der Waals surface area contributed by atoms with E-state index in [2.05, 4.69) is 40.0 Å². The molecule has 1 fully saturated rings. The van der Waals surface area contributed by atoms with Crippen LogP contribution in [0.1, 0.15) is 31.7 Å². The number of rotatable bonds is 3. The topological polar surface area (TPSA) is 29.9 Å². The van der Waals surface area contributed by atoms with Gasteiger partial charge >= 0.3 is 0 Å². The van der Waals surface area contributed by atoms with Crippen molar-refractivity contribution in [3.05, 3.63) is 36.3 Å². The van der Waals surface area contributed by atoms with Crippen LogP contribution in [0.15, 0.2) is 30.7 Å². The molecule has 1 aromatic carbocycles. The standard InChI is InChI=1S/C18H23N3/c1-13-4-2-6-15(13)11-21-12-19-10-17(21)16-7-3-5-14-8-9-20-18(14)16/h3,5,7,10,12-13,15,20H,2,4,6,8-9,11H2,1H3. The lowest BCUT2D eigenvalue weighted by atomic mass is 9.98. The highest BCUT2D eigenvalue weighted by molar-refractivity contribution is 5.79. The van der Waals surface area contributed by atoms with Crippen LogP contribution in [0.25, 0.3) is 11.3 Å². The van der Waals surface area contributed by atoms with E-state index in [9.17, 15) is 0 Å². The highest BCUT2D eigenvalue weighted by Gasteiger charge is 2.25. The summed E-state index contributed by atoms with van der Waals surface area (Å²) in [6, 6.07) is 6.64. The van der Waals surface area contributed by atoms with Gasteiger partial charge in [0, 0.05) is 24.3 Å². The number of hydrogen-bond donors (Lipinski definition) is 1. The van der Waals surface area contributed by atoms with Crippen LogP contribution in [0.3, 0.4) is 0 Å². The van der Waals surface area contributed by atoms with Gasteiger partial charge < -0.3 is 9.88 Å². The molecular formula is C18H23N3. The Bertz CT molecular complexity index is 644. The van der Waals surface area contributed by atoms with Crippen LogP contribution < -0.4 is 5.32 Å². The zero-order valence-corrected chi connectivity index (χ0v) is 12.7. The maximum atomic E-state index is 4.43. The molecular weight excluding hydrogens is 258 g/mol. The van der Waals surface area contributed by atoms with Crippen LogP contribution in [-0.4, -0.2) is 16.1 Å². The molecule has 21 heavy (non-hydrogen) atoms. The van der Waals surface area contributed by atoms with Gasteiger partial charge in [0.05, 0.1) is 18.2 Å². The SMILES string of the molecule is CC1CCCC1Cn1cncc1-c1cccc2c1NCC2. The summed E-state index contributed by atoms with van der Waals surface area (Å²) in [7, 11) is 0. The zero-order chi connectivity index (χ0) is 14.2. The monoisotopic (exact) mass is 281 g/mol. The molecule has 1 saturated carbocycles. The van der Waals surface area contributed by atoms with Crippen LogP contribution in [-0.2, 0) is 13.0 Å². The molecule has 2 aliphatic rings. The number of imidazole rings is 1. The first kappa shape index (κ1) is 12.9. The van der Waals surface area contributed by atoms with Crippen LogP contribution >= 0.6 is 0 Å². The minimum absolute atomic E-state index is 0.808. The Morgan fingerprint density at radius 2 is 2.29 bits per heavy atom. The number of anilines is 1. The third-order valence-electron chi connectivity index (χ3n) is 5.31. The van der Waals surface area contributed by atoms with E-state index in [0.29, 0.717) is 0 Å². The zero-order valence-electron chi connectivity index (χ0n) is 12.7. The highest BCUT2D eigenvalue weighted by atomic mass is 15.1. The molecule has 0 radical (unpaired) electrons. The number of nitrogens with one attached hydrogen (secondary N) is 1. The number of benzene rings is 1. The molecule has 1 aliphatic heterocycles. The lowest BCUT2D eigenvalue weighted by Gasteiger charge is -2.18. The lowest BCUT2D eigenvalue weighted by Crippen LogP contribution is -2.13. The van der Waals surface area contributed by atoms with Crippen LogP contribution in [0, 0.1) is 11.8 Å². The predicted molar refractivity (Wildman–Crippen MR) is 86.4 cm³/mol. The number of aromatic nitrogens is 2. The summed E-state index contributed by atoms with van der Waals surface area (Å²) >= 11 is 0. The summed E-state index contributed by atoms with van der Waals surface area (Å²) < 4.78 is 2.36. The molecule has 1 N–H and O–H groups in total. The molecule has 2 heterocycles. The summed E-state index contributed by atoms with van der Waals surface area (Å²) in [6.07, 6.45) is 9.31. The molecule has 2 unspecified atom stereocenters. The molecule has 3 heteroatoms. The van der Waals surface area contributed by atoms with Crippen molar-refractivity contribution in [2.24, 2.45) is 11.8 Å². The summed E-state index contributed by atoms with van der Waals surface area (Å²) in [5.74, 6) is 1.66. The van der Waals surface area contributed by atoms with Crippen LogP contribution in [0.2, 0.25) is 0 Å². The Morgan fingerprint density at radius 1 is 1.33 bits per heavy atom. The van der Waals surface area contributed by atoms with E-state index in [-0.39, 0.29) is 0 Å². The van der Waals surface area contributed by atoms with E-state index in [1.165, 1.54) is 41.8 Å². The quantitative estimate of drug-likeness (QED) is 0.923. The van der Waals surface area contributed by atoms with Crippen molar-refractivity contribution in [2.75, 3.05) is 11.9 Å². The third-order valence-corrected chi connectivity index (χ3v) is 5.31. The van der Waals surface area contributed by atoms with Gasteiger partial charge in [-0.3, -0.25) is 0 Å². The van der Waals surface area contributed by atoms with Crippen molar-refractivity contribution in [1.29, 1.82) is 0 Å². The van der Waals surface area contributed by atoms with Gasteiger partial charge in [-0.25, -0.2) is 4.98 Å². The van der Waals surface area contributed by atoms with E-state index >= 15 is 0 Å². The Balaban J connectivity index is 1.68. The van der Waals surface area contributed by atoms with E-state index in [1.807, 2.05) is 12.5 Å².